The van der Waals surface area contributed by atoms with Crippen LogP contribution in [0.1, 0.15) is 44.9 Å². The Kier molecular flexibility index (Phi) is 5.36. The van der Waals surface area contributed by atoms with Crippen LogP contribution in [-0.4, -0.2) is 37.3 Å². The number of hydrogen-bond donors (Lipinski definition) is 0. The molecule has 1 aliphatic rings. The first-order valence-corrected chi connectivity index (χ1v) is 11.7. The van der Waals surface area contributed by atoms with Crippen LogP contribution in [0.4, 0.5) is 0 Å². The average Bonchev–Trinajstić information content (AvgIpc) is 3.00. The van der Waals surface area contributed by atoms with Gasteiger partial charge in [-0.3, -0.25) is 4.90 Å². The molecule has 3 nitrogen and oxygen atoms in total. The third kappa shape index (κ3) is 3.87. The van der Waals surface area contributed by atoms with Gasteiger partial charge in [0, 0.05) is 0 Å². The van der Waals surface area contributed by atoms with Gasteiger partial charge in [-0.25, -0.2) is 0 Å². The zero-order valence-electron chi connectivity index (χ0n) is 20.4. The fourth-order valence-electron chi connectivity index (χ4n) is 4.82. The second-order valence-electron chi connectivity index (χ2n) is 10.4. The molecule has 1 aliphatic heterocycles. The van der Waals surface area contributed by atoms with Crippen molar-refractivity contribution in [2.24, 2.45) is 0 Å². The van der Waals surface area contributed by atoms with E-state index in [2.05, 4.69) is 126 Å². The van der Waals surface area contributed by atoms with Crippen molar-refractivity contribution in [2.75, 3.05) is 14.1 Å². The molecule has 0 amide bonds. The second kappa shape index (κ2) is 7.98. The molecule has 0 N–H and O–H groups in total. The van der Waals surface area contributed by atoms with E-state index < -0.39 is 18.3 Å². The molecule has 33 heavy (non-hydrogen) atoms. The van der Waals surface area contributed by atoms with E-state index in [9.17, 15) is 0 Å². The third-order valence-corrected chi connectivity index (χ3v) is 7.36. The zero-order chi connectivity index (χ0) is 23.4. The van der Waals surface area contributed by atoms with E-state index in [0.717, 1.165) is 5.46 Å². The number of hydrogen-bond acceptors (Lipinski definition) is 3. The molecule has 1 heterocycles. The quantitative estimate of drug-likeness (QED) is 0.369. The largest absolute Gasteiger partial charge is 0.495 e. The third-order valence-electron chi connectivity index (χ3n) is 7.36. The van der Waals surface area contributed by atoms with Gasteiger partial charge in [0.15, 0.2) is 0 Å². The molecule has 0 aliphatic carbocycles. The summed E-state index contributed by atoms with van der Waals surface area (Å²) in [7, 11) is 3.86. The molecule has 0 saturated carbocycles. The van der Waals surface area contributed by atoms with Crippen LogP contribution in [0.2, 0.25) is 0 Å². The minimum absolute atomic E-state index is 0.0632. The monoisotopic (exact) mass is 437 g/mol. The van der Waals surface area contributed by atoms with Crippen LogP contribution in [0.5, 0.6) is 0 Å². The van der Waals surface area contributed by atoms with Crippen LogP contribution in [0.15, 0.2) is 78.9 Å². The number of fused-ring (bicyclic) bond motifs is 2. The van der Waals surface area contributed by atoms with Crippen molar-refractivity contribution in [2.45, 2.75) is 44.9 Å². The van der Waals surface area contributed by atoms with Gasteiger partial charge in [0.1, 0.15) is 0 Å². The van der Waals surface area contributed by atoms with Gasteiger partial charge in [-0.2, -0.15) is 0 Å². The minimum Gasteiger partial charge on any atom is -0.399 e. The molecule has 4 aromatic rings. The highest BCUT2D eigenvalue weighted by Crippen LogP contribution is 2.38. The van der Waals surface area contributed by atoms with Crippen molar-refractivity contribution < 1.29 is 9.31 Å². The lowest BCUT2D eigenvalue weighted by atomic mass is 9.72. The van der Waals surface area contributed by atoms with Crippen molar-refractivity contribution in [1.29, 1.82) is 0 Å². The molecular weight excluding hydrogens is 405 g/mol. The molecule has 0 radical (unpaired) electrons. The van der Waals surface area contributed by atoms with Crippen LogP contribution in [0, 0.1) is 0 Å². The maximum absolute atomic E-state index is 6.53. The molecule has 4 aromatic carbocycles. The van der Waals surface area contributed by atoms with Crippen molar-refractivity contribution in [3.63, 3.8) is 0 Å². The molecular formula is C29H32BNO2. The van der Waals surface area contributed by atoms with Crippen LogP contribution < -0.4 is 5.46 Å². The highest BCUT2D eigenvalue weighted by atomic mass is 16.7. The fraction of sp³-hybridized carbons (Fsp3) is 0.310. The van der Waals surface area contributed by atoms with E-state index >= 15 is 0 Å². The maximum Gasteiger partial charge on any atom is 0.495 e. The summed E-state index contributed by atoms with van der Waals surface area (Å²) in [6.07, 6.45) is 0. The highest BCUT2D eigenvalue weighted by Gasteiger charge is 2.52. The molecule has 168 valence electrons. The summed E-state index contributed by atoms with van der Waals surface area (Å²) >= 11 is 0. The number of rotatable bonds is 4. The van der Waals surface area contributed by atoms with Gasteiger partial charge >= 0.3 is 7.12 Å². The van der Waals surface area contributed by atoms with Gasteiger partial charge in [0.25, 0.3) is 0 Å². The summed E-state index contributed by atoms with van der Waals surface area (Å²) in [6, 6.07) is 28.5. The van der Waals surface area contributed by atoms with Crippen LogP contribution >= 0.6 is 0 Å². The zero-order valence-corrected chi connectivity index (χ0v) is 20.4. The summed E-state index contributed by atoms with van der Waals surface area (Å²) in [6.45, 7) is 8.45. The molecule has 1 fully saturated rings. The Labute approximate surface area is 197 Å². The predicted octanol–water partition coefficient (Wildman–Crippen LogP) is 5.94. The first kappa shape index (κ1) is 22.2. The molecule has 0 spiro atoms. The van der Waals surface area contributed by atoms with Crippen LogP contribution in [0.3, 0.4) is 0 Å². The normalized spacial score (nSPS) is 18.3. The molecule has 4 heteroatoms. The Morgan fingerprint density at radius 3 is 1.76 bits per heavy atom. The summed E-state index contributed by atoms with van der Waals surface area (Å²) < 4.78 is 13.1. The Morgan fingerprint density at radius 2 is 1.18 bits per heavy atom. The Hall–Kier alpha value is -2.66. The molecule has 0 unspecified atom stereocenters. The van der Waals surface area contributed by atoms with E-state index in [1.54, 1.807) is 0 Å². The summed E-state index contributed by atoms with van der Waals surface area (Å²) in [5.41, 5.74) is 2.78. The molecule has 1 saturated heterocycles. The molecule has 0 bridgehead atoms. The molecule has 5 rings (SSSR count). The lowest BCUT2D eigenvalue weighted by Gasteiger charge is -2.32. The Balaban J connectivity index is 1.71. The smallest absolute Gasteiger partial charge is 0.399 e. The Bertz CT molecular complexity index is 1310. The van der Waals surface area contributed by atoms with Gasteiger partial charge in [-0.15, -0.1) is 0 Å². The Morgan fingerprint density at radius 1 is 0.667 bits per heavy atom. The fourth-order valence-corrected chi connectivity index (χ4v) is 4.82. The van der Waals surface area contributed by atoms with Crippen LogP contribution in [0.25, 0.3) is 21.5 Å². The van der Waals surface area contributed by atoms with Gasteiger partial charge in [-0.05, 0) is 92.1 Å². The SMILES string of the molecule is CN(C)[C@@H](c1ccc2ccccc2c1)c1cc2ccccc2cc1B1OC(C)(C)C(C)(C)O1. The van der Waals surface area contributed by atoms with Gasteiger partial charge in [0.05, 0.1) is 17.2 Å². The minimum atomic E-state index is -0.419. The van der Waals surface area contributed by atoms with Gasteiger partial charge < -0.3 is 9.31 Å². The van der Waals surface area contributed by atoms with Gasteiger partial charge in [0.2, 0.25) is 0 Å². The van der Waals surface area contributed by atoms with Crippen molar-refractivity contribution in [3.05, 3.63) is 90.0 Å². The van der Waals surface area contributed by atoms with Crippen molar-refractivity contribution in [3.8, 4) is 0 Å². The number of nitrogens with zero attached hydrogens (tertiary/aromatic N) is 1. The van der Waals surface area contributed by atoms with Crippen molar-refractivity contribution >= 4 is 34.1 Å². The molecule has 0 aromatic heterocycles. The average molecular weight is 437 g/mol. The lowest BCUT2D eigenvalue weighted by Crippen LogP contribution is -2.41. The summed E-state index contributed by atoms with van der Waals surface area (Å²) in [5, 5.41) is 4.92. The summed E-state index contributed by atoms with van der Waals surface area (Å²) in [4.78, 5) is 2.28. The van der Waals surface area contributed by atoms with E-state index in [4.69, 9.17) is 9.31 Å². The van der Waals surface area contributed by atoms with E-state index in [1.165, 1.54) is 32.7 Å². The lowest BCUT2D eigenvalue weighted by molar-refractivity contribution is 0.00578. The van der Waals surface area contributed by atoms with E-state index in [0.29, 0.717) is 0 Å². The first-order valence-electron chi connectivity index (χ1n) is 11.7. The first-order chi connectivity index (χ1) is 15.7. The van der Waals surface area contributed by atoms with Gasteiger partial charge in [-0.1, -0.05) is 66.7 Å². The maximum atomic E-state index is 6.53. The topological polar surface area (TPSA) is 21.7 Å². The molecule has 1 atom stereocenters. The van der Waals surface area contributed by atoms with E-state index in [1.807, 2.05) is 0 Å². The summed E-state index contributed by atoms with van der Waals surface area (Å²) in [5.74, 6) is 0. The second-order valence-corrected chi connectivity index (χ2v) is 10.4. The highest BCUT2D eigenvalue weighted by molar-refractivity contribution is 6.63. The predicted molar refractivity (Wildman–Crippen MR) is 139 cm³/mol. The number of benzene rings is 4. The van der Waals surface area contributed by atoms with E-state index in [-0.39, 0.29) is 6.04 Å². The standard InChI is InChI=1S/C29H32BNO2/c1-28(2)29(3,4)33-30(32-28)26-19-23-14-10-9-13-22(23)18-25(26)27(31(5)6)24-16-15-20-11-7-8-12-21(20)17-24/h7-19,27H,1-6H3/t27-/m0/s1. The van der Waals surface area contributed by atoms with Crippen LogP contribution in [-0.2, 0) is 9.31 Å². The van der Waals surface area contributed by atoms with Crippen molar-refractivity contribution in [1.82, 2.24) is 4.90 Å².